The monoisotopic (exact) mass is 434 g/mol. The number of benzene rings is 4. The van der Waals surface area contributed by atoms with Crippen molar-refractivity contribution < 1.29 is 9.18 Å². The van der Waals surface area contributed by atoms with Crippen LogP contribution in [0.25, 0.3) is 27.7 Å². The van der Waals surface area contributed by atoms with E-state index in [1.54, 1.807) is 28.9 Å². The van der Waals surface area contributed by atoms with Crippen LogP contribution in [0, 0.1) is 5.82 Å². The van der Waals surface area contributed by atoms with E-state index in [0.717, 1.165) is 27.7 Å². The number of carbonyl (C=O) groups is 1. The predicted octanol–water partition coefficient (Wildman–Crippen LogP) is 5.60. The van der Waals surface area contributed by atoms with Crippen molar-refractivity contribution in [2.45, 2.75) is 0 Å². The summed E-state index contributed by atoms with van der Waals surface area (Å²) in [6.07, 6.45) is 1.27. The van der Waals surface area contributed by atoms with Gasteiger partial charge in [-0.15, -0.1) is 0 Å². The first kappa shape index (κ1) is 20.3. The average Bonchev–Trinajstić information content (AvgIpc) is 3.31. The van der Waals surface area contributed by atoms with Crippen molar-refractivity contribution in [3.8, 4) is 16.9 Å². The number of halogens is 1. The van der Waals surface area contributed by atoms with E-state index in [1.165, 1.54) is 12.3 Å². The van der Waals surface area contributed by atoms with Gasteiger partial charge < -0.3 is 0 Å². The molecule has 160 valence electrons. The zero-order valence-corrected chi connectivity index (χ0v) is 17.5. The number of nitrogens with one attached hydrogen (secondary N) is 1. The Morgan fingerprint density at radius 1 is 0.879 bits per heavy atom. The van der Waals surface area contributed by atoms with Crippen LogP contribution in [-0.2, 0) is 0 Å². The largest absolute Gasteiger partial charge is 0.291 e. The third-order valence-electron chi connectivity index (χ3n) is 5.28. The fraction of sp³-hybridized carbons (Fsp3) is 0. The second-order valence-corrected chi connectivity index (χ2v) is 7.41. The molecule has 1 amide bonds. The number of hydrogen-bond acceptors (Lipinski definition) is 3. The summed E-state index contributed by atoms with van der Waals surface area (Å²) in [5.41, 5.74) is 5.49. The molecule has 1 aromatic heterocycles. The molecule has 0 aliphatic heterocycles. The summed E-state index contributed by atoms with van der Waals surface area (Å²) < 4.78 is 15.5. The van der Waals surface area contributed by atoms with Gasteiger partial charge in [0.2, 0.25) is 0 Å². The Hall–Kier alpha value is -4.58. The number of rotatable bonds is 5. The molecule has 33 heavy (non-hydrogen) atoms. The van der Waals surface area contributed by atoms with Crippen LogP contribution in [0.5, 0.6) is 0 Å². The Kier molecular flexibility index (Phi) is 5.47. The van der Waals surface area contributed by atoms with Crippen LogP contribution in [0.3, 0.4) is 0 Å². The van der Waals surface area contributed by atoms with Crippen molar-refractivity contribution in [3.05, 3.63) is 120 Å². The standard InChI is InChI=1S/C27H19FN4O/c28-24-16-7-5-10-20(24)18-29-30-27(33)25-17-26(32(31-25)21-12-2-1-3-13-21)23-15-8-11-19-9-4-6-14-22(19)23/h1-18H,(H,30,33)/b29-18-. The minimum absolute atomic E-state index is 0.201. The van der Waals surface area contributed by atoms with Crippen LogP contribution >= 0.6 is 0 Å². The first-order valence-corrected chi connectivity index (χ1v) is 10.4. The number of carbonyl (C=O) groups excluding carboxylic acids is 1. The lowest BCUT2D eigenvalue weighted by Gasteiger charge is -2.10. The molecule has 5 rings (SSSR count). The van der Waals surface area contributed by atoms with Gasteiger partial charge >= 0.3 is 0 Å². The molecule has 0 radical (unpaired) electrons. The van der Waals surface area contributed by atoms with Gasteiger partial charge in [0.15, 0.2) is 5.69 Å². The molecule has 0 unspecified atom stereocenters. The van der Waals surface area contributed by atoms with Gasteiger partial charge in [-0.1, -0.05) is 78.9 Å². The maximum absolute atomic E-state index is 13.8. The fourth-order valence-electron chi connectivity index (χ4n) is 3.70. The van der Waals surface area contributed by atoms with Gasteiger partial charge in [-0.2, -0.15) is 10.2 Å². The minimum atomic E-state index is -0.487. The first-order valence-electron chi connectivity index (χ1n) is 10.4. The number of fused-ring (bicyclic) bond motifs is 1. The van der Waals surface area contributed by atoms with Gasteiger partial charge in [0.05, 0.1) is 17.6 Å². The number of nitrogens with zero attached hydrogens (tertiary/aromatic N) is 3. The fourth-order valence-corrected chi connectivity index (χ4v) is 3.70. The normalized spacial score (nSPS) is 11.2. The molecule has 0 atom stereocenters. The molecule has 0 spiro atoms. The molecule has 5 aromatic rings. The highest BCUT2D eigenvalue weighted by molar-refractivity contribution is 5.99. The van der Waals surface area contributed by atoms with Crippen molar-refractivity contribution in [2.24, 2.45) is 5.10 Å². The van der Waals surface area contributed by atoms with Gasteiger partial charge in [-0.25, -0.2) is 14.5 Å². The molecule has 0 saturated carbocycles. The maximum atomic E-state index is 13.8. The summed E-state index contributed by atoms with van der Waals surface area (Å²) in [7, 11) is 0. The molecule has 0 saturated heterocycles. The van der Waals surface area contributed by atoms with E-state index in [4.69, 9.17) is 0 Å². The van der Waals surface area contributed by atoms with Crippen LogP contribution in [0.2, 0.25) is 0 Å². The maximum Gasteiger partial charge on any atom is 0.291 e. The Morgan fingerprint density at radius 2 is 1.61 bits per heavy atom. The van der Waals surface area contributed by atoms with Gasteiger partial charge in [-0.05, 0) is 35.0 Å². The third-order valence-corrected chi connectivity index (χ3v) is 5.28. The van der Waals surface area contributed by atoms with Gasteiger partial charge in [0, 0.05) is 11.1 Å². The predicted molar refractivity (Wildman–Crippen MR) is 128 cm³/mol. The summed E-state index contributed by atoms with van der Waals surface area (Å²) in [5.74, 6) is -0.902. The Morgan fingerprint density at radius 3 is 2.45 bits per heavy atom. The minimum Gasteiger partial charge on any atom is -0.265 e. The van der Waals surface area contributed by atoms with Crippen molar-refractivity contribution in [1.29, 1.82) is 0 Å². The Labute approximate surface area is 189 Å². The number of amides is 1. The van der Waals surface area contributed by atoms with E-state index in [2.05, 4.69) is 15.6 Å². The number of hydrazone groups is 1. The number of aromatic nitrogens is 2. The molecule has 0 bridgehead atoms. The smallest absolute Gasteiger partial charge is 0.265 e. The molecule has 1 heterocycles. The zero-order valence-electron chi connectivity index (χ0n) is 17.5. The molecular weight excluding hydrogens is 415 g/mol. The van der Waals surface area contributed by atoms with Crippen molar-refractivity contribution in [3.63, 3.8) is 0 Å². The Bertz CT molecular complexity index is 1470. The topological polar surface area (TPSA) is 59.3 Å². The summed E-state index contributed by atoms with van der Waals surface area (Å²) in [6.45, 7) is 0. The second-order valence-electron chi connectivity index (χ2n) is 7.41. The van der Waals surface area contributed by atoms with E-state index >= 15 is 0 Å². The lowest BCUT2D eigenvalue weighted by molar-refractivity contribution is 0.0949. The molecule has 0 aliphatic rings. The summed E-state index contributed by atoms with van der Waals surface area (Å²) >= 11 is 0. The van der Waals surface area contributed by atoms with Crippen LogP contribution in [0.1, 0.15) is 16.1 Å². The lowest BCUT2D eigenvalue weighted by atomic mass is 10.0. The molecule has 6 heteroatoms. The second kappa shape index (κ2) is 8.88. The van der Waals surface area contributed by atoms with Crippen molar-refractivity contribution >= 4 is 22.9 Å². The van der Waals surface area contributed by atoms with Crippen molar-refractivity contribution in [2.75, 3.05) is 0 Å². The highest BCUT2D eigenvalue weighted by Gasteiger charge is 2.18. The zero-order chi connectivity index (χ0) is 22.6. The number of hydrogen-bond donors (Lipinski definition) is 1. The van der Waals surface area contributed by atoms with E-state index in [0.29, 0.717) is 0 Å². The first-order chi connectivity index (χ1) is 16.2. The van der Waals surface area contributed by atoms with Gasteiger partial charge in [0.25, 0.3) is 5.91 Å². The van der Waals surface area contributed by atoms with E-state index in [1.807, 2.05) is 72.8 Å². The van der Waals surface area contributed by atoms with E-state index in [9.17, 15) is 9.18 Å². The van der Waals surface area contributed by atoms with Crippen LogP contribution in [0.4, 0.5) is 4.39 Å². The van der Waals surface area contributed by atoms with Crippen LogP contribution < -0.4 is 5.43 Å². The number of para-hydroxylation sites is 1. The van der Waals surface area contributed by atoms with Gasteiger partial charge in [0.1, 0.15) is 5.82 Å². The summed E-state index contributed by atoms with van der Waals surface area (Å²) in [5, 5.41) is 10.6. The summed E-state index contributed by atoms with van der Waals surface area (Å²) in [6, 6.07) is 31.7. The van der Waals surface area contributed by atoms with Crippen molar-refractivity contribution in [1.82, 2.24) is 15.2 Å². The van der Waals surface area contributed by atoms with E-state index in [-0.39, 0.29) is 11.3 Å². The molecule has 4 aromatic carbocycles. The third kappa shape index (κ3) is 4.14. The SMILES string of the molecule is O=C(N/N=C\c1ccccc1F)c1cc(-c2cccc3ccccc23)n(-c2ccccc2)n1. The molecule has 1 N–H and O–H groups in total. The van der Waals surface area contributed by atoms with Crippen LogP contribution in [0.15, 0.2) is 108 Å². The highest BCUT2D eigenvalue weighted by atomic mass is 19.1. The van der Waals surface area contributed by atoms with Gasteiger partial charge in [-0.3, -0.25) is 4.79 Å². The molecular formula is C27H19FN4O. The van der Waals surface area contributed by atoms with Crippen LogP contribution in [-0.4, -0.2) is 21.9 Å². The molecule has 0 aliphatic carbocycles. The Balaban J connectivity index is 1.54. The molecule has 0 fully saturated rings. The summed E-state index contributed by atoms with van der Waals surface area (Å²) in [4.78, 5) is 12.8. The van der Waals surface area contributed by atoms with E-state index < -0.39 is 11.7 Å². The average molecular weight is 434 g/mol. The molecule has 5 nitrogen and oxygen atoms in total. The quantitative estimate of drug-likeness (QED) is 0.289. The highest BCUT2D eigenvalue weighted by Crippen LogP contribution is 2.31. The lowest BCUT2D eigenvalue weighted by Crippen LogP contribution is -2.18.